The summed E-state index contributed by atoms with van der Waals surface area (Å²) >= 11 is 0. The zero-order chi connectivity index (χ0) is 27.9. The minimum atomic E-state index is -0.613. The van der Waals surface area contributed by atoms with Crippen molar-refractivity contribution >= 4 is 23.5 Å². The van der Waals surface area contributed by atoms with E-state index in [4.69, 9.17) is 14.5 Å². The zero-order valence-corrected chi connectivity index (χ0v) is 22.7. The number of anilines is 1. The molecule has 10 heteroatoms. The van der Waals surface area contributed by atoms with Crippen molar-refractivity contribution in [1.29, 1.82) is 0 Å². The van der Waals surface area contributed by atoms with Gasteiger partial charge in [-0.3, -0.25) is 0 Å². The van der Waals surface area contributed by atoms with Crippen molar-refractivity contribution in [2.24, 2.45) is 5.92 Å². The third-order valence-corrected chi connectivity index (χ3v) is 6.99. The van der Waals surface area contributed by atoms with Gasteiger partial charge in [0.15, 0.2) is 5.65 Å². The average molecular weight is 534 g/mol. The molecule has 2 unspecified atom stereocenters. The van der Waals surface area contributed by atoms with Gasteiger partial charge in [0.05, 0.1) is 24.4 Å². The largest absolute Gasteiger partial charge is 0.462 e. The Labute approximate surface area is 226 Å². The predicted octanol–water partition coefficient (Wildman–Crippen LogP) is 4.44. The number of fused-ring (bicyclic) bond motifs is 2. The van der Waals surface area contributed by atoms with E-state index in [2.05, 4.69) is 27.2 Å². The van der Waals surface area contributed by atoms with Gasteiger partial charge in [0.25, 0.3) is 0 Å². The summed E-state index contributed by atoms with van der Waals surface area (Å²) in [5.41, 5.74) is 1.13. The predicted molar refractivity (Wildman–Crippen MR) is 143 cm³/mol. The van der Waals surface area contributed by atoms with Crippen LogP contribution >= 0.6 is 0 Å². The van der Waals surface area contributed by atoms with E-state index in [1.807, 2.05) is 6.07 Å². The minimum absolute atomic E-state index is 0.252. The lowest BCUT2D eigenvalue weighted by Gasteiger charge is -2.31. The standard InChI is InChI=1S/C29H32FN5O4/c1-6-38-26(36)22-17-31-35-14-12-24(33-25(22)35)34-13-11-20-16-29(20,34)23-15-21(30)10-9-19(23)8-7-18(2)32-27(37)39-28(3,4)5/h9-10,12,14-15,17-18,20H,6,11,13,16H2,1-5H3,(H,32,37)/t18-,20?,29?/m1/s1. The number of aromatic nitrogens is 3. The molecule has 1 aliphatic carbocycles. The van der Waals surface area contributed by atoms with Crippen molar-refractivity contribution in [1.82, 2.24) is 19.9 Å². The first-order chi connectivity index (χ1) is 18.5. The van der Waals surface area contributed by atoms with Gasteiger partial charge in [-0.1, -0.05) is 11.8 Å². The first-order valence-electron chi connectivity index (χ1n) is 13.1. The second-order valence-corrected chi connectivity index (χ2v) is 10.9. The number of carbonyl (C=O) groups is 2. The lowest BCUT2D eigenvalue weighted by Crippen LogP contribution is -2.37. The number of rotatable bonds is 5. The molecule has 39 heavy (non-hydrogen) atoms. The maximum Gasteiger partial charge on any atom is 0.408 e. The fourth-order valence-corrected chi connectivity index (χ4v) is 5.32. The number of hydrogen-bond acceptors (Lipinski definition) is 7. The molecule has 0 bridgehead atoms. The topological polar surface area (TPSA) is 98.1 Å². The smallest absolute Gasteiger partial charge is 0.408 e. The molecule has 0 spiro atoms. The number of ether oxygens (including phenoxy) is 2. The van der Waals surface area contributed by atoms with Crippen molar-refractivity contribution in [3.63, 3.8) is 0 Å². The Morgan fingerprint density at radius 3 is 2.82 bits per heavy atom. The maximum absolute atomic E-state index is 14.6. The number of halogens is 1. The van der Waals surface area contributed by atoms with E-state index < -0.39 is 29.2 Å². The maximum atomic E-state index is 14.6. The van der Waals surface area contributed by atoms with Crippen LogP contribution in [-0.4, -0.2) is 51.5 Å². The first kappa shape index (κ1) is 26.5. The van der Waals surface area contributed by atoms with Crippen LogP contribution in [0.25, 0.3) is 5.65 Å². The average Bonchev–Trinajstić information content (AvgIpc) is 3.24. The second kappa shape index (κ2) is 9.88. The summed E-state index contributed by atoms with van der Waals surface area (Å²) in [5.74, 6) is 6.41. The number of carbonyl (C=O) groups excluding carboxylic acids is 2. The first-order valence-corrected chi connectivity index (χ1v) is 13.1. The quantitative estimate of drug-likeness (QED) is 0.383. The van der Waals surface area contributed by atoms with E-state index >= 15 is 0 Å². The molecule has 1 N–H and O–H groups in total. The molecular formula is C29H32FN5O4. The third-order valence-electron chi connectivity index (χ3n) is 6.99. The van der Waals surface area contributed by atoms with Crippen LogP contribution in [0.2, 0.25) is 0 Å². The molecule has 2 fully saturated rings. The Hall–Kier alpha value is -4.13. The molecule has 0 radical (unpaired) electrons. The van der Waals surface area contributed by atoms with Crippen molar-refractivity contribution in [2.45, 2.75) is 64.6 Å². The van der Waals surface area contributed by atoms with Crippen LogP contribution in [-0.2, 0) is 15.0 Å². The highest BCUT2D eigenvalue weighted by molar-refractivity contribution is 5.95. The highest BCUT2D eigenvalue weighted by Gasteiger charge is 2.64. The van der Waals surface area contributed by atoms with Gasteiger partial charge in [-0.25, -0.2) is 23.5 Å². The fourth-order valence-electron chi connectivity index (χ4n) is 5.32. The van der Waals surface area contributed by atoms with Crippen LogP contribution in [0.3, 0.4) is 0 Å². The van der Waals surface area contributed by atoms with Crippen LogP contribution in [0, 0.1) is 23.6 Å². The number of esters is 1. The van der Waals surface area contributed by atoms with Gasteiger partial charge in [-0.05, 0) is 83.2 Å². The van der Waals surface area contributed by atoms with E-state index in [9.17, 15) is 14.0 Å². The number of benzene rings is 1. The van der Waals surface area contributed by atoms with E-state index in [0.29, 0.717) is 28.5 Å². The summed E-state index contributed by atoms with van der Waals surface area (Å²) in [4.78, 5) is 31.5. The van der Waals surface area contributed by atoms with Crippen LogP contribution in [0.4, 0.5) is 15.0 Å². The summed E-state index contributed by atoms with van der Waals surface area (Å²) in [6, 6.07) is 6.02. The number of piperidine rings is 1. The van der Waals surface area contributed by atoms with E-state index in [1.165, 1.54) is 12.3 Å². The minimum Gasteiger partial charge on any atom is -0.462 e. The Bertz CT molecular complexity index is 1500. The Balaban J connectivity index is 1.46. The normalized spacial score (nSPS) is 20.6. The number of amides is 1. The molecule has 5 rings (SSSR count). The summed E-state index contributed by atoms with van der Waals surface area (Å²) in [6.45, 7) is 9.89. The van der Waals surface area contributed by atoms with Crippen molar-refractivity contribution < 1.29 is 23.5 Å². The number of nitrogens with zero attached hydrogens (tertiary/aromatic N) is 4. The molecule has 3 atom stereocenters. The molecule has 204 valence electrons. The molecule has 9 nitrogen and oxygen atoms in total. The highest BCUT2D eigenvalue weighted by atomic mass is 19.1. The molecule has 2 aliphatic rings. The summed E-state index contributed by atoms with van der Waals surface area (Å²) in [6.07, 6.45) is 4.44. The molecule has 3 heterocycles. The molecule has 1 aliphatic heterocycles. The zero-order valence-electron chi connectivity index (χ0n) is 22.7. The number of alkyl carbamates (subject to hydrolysis) is 1. The van der Waals surface area contributed by atoms with Gasteiger partial charge < -0.3 is 19.7 Å². The van der Waals surface area contributed by atoms with Gasteiger partial charge in [0.2, 0.25) is 0 Å². The second-order valence-electron chi connectivity index (χ2n) is 10.9. The Morgan fingerprint density at radius 2 is 2.10 bits per heavy atom. The van der Waals surface area contributed by atoms with E-state index in [0.717, 1.165) is 24.9 Å². The number of nitrogens with one attached hydrogen (secondary N) is 1. The lowest BCUT2D eigenvalue weighted by atomic mass is 9.96. The Kier molecular flexibility index (Phi) is 6.70. The van der Waals surface area contributed by atoms with Gasteiger partial charge in [0.1, 0.15) is 22.8 Å². The Morgan fingerprint density at radius 1 is 1.31 bits per heavy atom. The van der Waals surface area contributed by atoms with Crippen molar-refractivity contribution in [3.05, 3.63) is 59.2 Å². The van der Waals surface area contributed by atoms with E-state index in [1.54, 1.807) is 57.5 Å². The lowest BCUT2D eigenvalue weighted by molar-refractivity contribution is 0.0512. The molecule has 1 saturated carbocycles. The molecule has 2 aromatic heterocycles. The third kappa shape index (κ3) is 5.13. The molecule has 3 aromatic rings. The molecule has 1 aromatic carbocycles. The van der Waals surface area contributed by atoms with Gasteiger partial charge >= 0.3 is 12.1 Å². The summed E-state index contributed by atoms with van der Waals surface area (Å²) in [5, 5.41) is 6.95. The van der Waals surface area contributed by atoms with Crippen LogP contribution in [0.1, 0.15) is 68.9 Å². The SMILES string of the molecule is CCOC(=O)c1cnn2ccc(N3CCC4CC43c3cc(F)ccc3C#C[C@@H](C)NC(=O)OC(C)(C)C)nc12. The molecular weight excluding hydrogens is 501 g/mol. The van der Waals surface area contributed by atoms with Gasteiger partial charge in [-0.2, -0.15) is 5.10 Å². The van der Waals surface area contributed by atoms with Crippen molar-refractivity contribution in [2.75, 3.05) is 18.1 Å². The van der Waals surface area contributed by atoms with E-state index in [-0.39, 0.29) is 12.4 Å². The molecule has 1 saturated heterocycles. The van der Waals surface area contributed by atoms with Crippen molar-refractivity contribution in [3.8, 4) is 11.8 Å². The van der Waals surface area contributed by atoms with Crippen LogP contribution < -0.4 is 10.2 Å². The molecule has 1 amide bonds. The van der Waals surface area contributed by atoms with Crippen LogP contribution in [0.5, 0.6) is 0 Å². The fraction of sp³-hybridized carbons (Fsp3) is 0.448. The number of hydrogen-bond donors (Lipinski definition) is 1. The summed E-state index contributed by atoms with van der Waals surface area (Å²) < 4.78 is 26.6. The van der Waals surface area contributed by atoms with Gasteiger partial charge in [0, 0.05) is 18.3 Å². The highest BCUT2D eigenvalue weighted by Crippen LogP contribution is 2.63. The summed E-state index contributed by atoms with van der Waals surface area (Å²) in [7, 11) is 0. The van der Waals surface area contributed by atoms with Crippen LogP contribution in [0.15, 0.2) is 36.7 Å². The van der Waals surface area contributed by atoms with Gasteiger partial charge in [-0.15, -0.1) is 0 Å². The monoisotopic (exact) mass is 533 g/mol.